The molecule has 0 amide bonds. The first kappa shape index (κ1) is 19.5. The summed E-state index contributed by atoms with van der Waals surface area (Å²) in [5.41, 5.74) is 2.19. The standard InChI is InChI=1S/C21H19FN6O2/c1-21(11-29)10-26-17-13(8-23)6-12(7-14(17)21)18-15(22)9-25-20(28-18)27-16-4-3-5-24-19(16)30-2/h3-7,9,26,29H,10-11H2,1-2H3,(H,25,27,28)/t21-/m1/s1. The van der Waals surface area contributed by atoms with Gasteiger partial charge in [-0.25, -0.2) is 19.3 Å². The number of aliphatic hydroxyl groups excluding tert-OH is 1. The van der Waals surface area contributed by atoms with Crippen molar-refractivity contribution < 1.29 is 14.2 Å². The van der Waals surface area contributed by atoms with Crippen molar-refractivity contribution >= 4 is 17.3 Å². The monoisotopic (exact) mass is 406 g/mol. The second kappa shape index (κ2) is 7.57. The Morgan fingerprint density at radius 2 is 2.23 bits per heavy atom. The highest BCUT2D eigenvalue weighted by molar-refractivity contribution is 5.76. The Bertz CT molecular complexity index is 1160. The van der Waals surface area contributed by atoms with E-state index in [0.29, 0.717) is 34.9 Å². The van der Waals surface area contributed by atoms with Gasteiger partial charge in [0.1, 0.15) is 17.5 Å². The van der Waals surface area contributed by atoms with Gasteiger partial charge in [-0.15, -0.1) is 0 Å². The lowest BCUT2D eigenvalue weighted by Gasteiger charge is -2.21. The number of aromatic nitrogens is 3. The fraction of sp³-hybridized carbons (Fsp3) is 0.238. The van der Waals surface area contributed by atoms with Crippen LogP contribution in [0.5, 0.6) is 5.88 Å². The number of fused-ring (bicyclic) bond motifs is 1. The molecule has 0 bridgehead atoms. The average Bonchev–Trinajstić information content (AvgIpc) is 3.12. The van der Waals surface area contributed by atoms with Crippen molar-refractivity contribution in [2.24, 2.45) is 0 Å². The van der Waals surface area contributed by atoms with Crippen molar-refractivity contribution in [3.63, 3.8) is 0 Å². The Kier molecular flexibility index (Phi) is 4.93. The highest BCUT2D eigenvalue weighted by atomic mass is 19.1. The molecular weight excluding hydrogens is 387 g/mol. The van der Waals surface area contributed by atoms with E-state index in [9.17, 15) is 14.8 Å². The summed E-state index contributed by atoms with van der Waals surface area (Å²) in [7, 11) is 1.49. The van der Waals surface area contributed by atoms with Crippen LogP contribution in [0.3, 0.4) is 0 Å². The van der Waals surface area contributed by atoms with Gasteiger partial charge >= 0.3 is 0 Å². The van der Waals surface area contributed by atoms with Crippen LogP contribution in [0.1, 0.15) is 18.1 Å². The molecule has 152 valence electrons. The van der Waals surface area contributed by atoms with Gasteiger partial charge in [0.05, 0.1) is 31.2 Å². The summed E-state index contributed by atoms with van der Waals surface area (Å²) < 4.78 is 19.9. The molecule has 8 nitrogen and oxygen atoms in total. The van der Waals surface area contributed by atoms with E-state index in [-0.39, 0.29) is 18.2 Å². The first-order valence-electron chi connectivity index (χ1n) is 9.21. The molecule has 0 aliphatic carbocycles. The summed E-state index contributed by atoms with van der Waals surface area (Å²) in [6, 6.07) is 8.93. The number of aliphatic hydroxyl groups is 1. The Labute approximate surface area is 172 Å². The fourth-order valence-electron chi connectivity index (χ4n) is 3.45. The zero-order valence-electron chi connectivity index (χ0n) is 16.4. The summed E-state index contributed by atoms with van der Waals surface area (Å²) in [4.78, 5) is 12.4. The summed E-state index contributed by atoms with van der Waals surface area (Å²) in [5.74, 6) is -0.125. The van der Waals surface area contributed by atoms with Crippen molar-refractivity contribution in [1.82, 2.24) is 15.0 Å². The van der Waals surface area contributed by atoms with Gasteiger partial charge in [0.25, 0.3) is 0 Å². The van der Waals surface area contributed by atoms with E-state index in [4.69, 9.17) is 4.74 Å². The molecule has 1 aromatic carbocycles. The van der Waals surface area contributed by atoms with Crippen molar-refractivity contribution in [2.75, 3.05) is 30.9 Å². The number of nitriles is 1. The molecular formula is C21H19FN6O2. The highest BCUT2D eigenvalue weighted by Crippen LogP contribution is 2.41. The smallest absolute Gasteiger partial charge is 0.237 e. The van der Waals surface area contributed by atoms with Crippen molar-refractivity contribution in [3.05, 3.63) is 53.6 Å². The van der Waals surface area contributed by atoms with Gasteiger partial charge in [-0.3, -0.25) is 0 Å². The van der Waals surface area contributed by atoms with Gasteiger partial charge in [-0.1, -0.05) is 6.92 Å². The van der Waals surface area contributed by atoms with E-state index < -0.39 is 11.2 Å². The van der Waals surface area contributed by atoms with Gasteiger partial charge < -0.3 is 20.5 Å². The molecule has 2 aromatic heterocycles. The number of anilines is 3. The molecule has 1 aliphatic heterocycles. The molecule has 0 saturated carbocycles. The Morgan fingerprint density at radius 1 is 1.40 bits per heavy atom. The number of benzene rings is 1. The van der Waals surface area contributed by atoms with Crippen molar-refractivity contribution in [3.8, 4) is 23.2 Å². The van der Waals surface area contributed by atoms with E-state index in [1.165, 1.54) is 7.11 Å². The lowest BCUT2D eigenvalue weighted by Crippen LogP contribution is -2.28. The lowest BCUT2D eigenvalue weighted by molar-refractivity contribution is 0.219. The van der Waals surface area contributed by atoms with Crippen LogP contribution in [0.4, 0.5) is 21.7 Å². The molecule has 9 heteroatoms. The largest absolute Gasteiger partial charge is 0.480 e. The number of nitrogens with zero attached hydrogens (tertiary/aromatic N) is 4. The summed E-state index contributed by atoms with van der Waals surface area (Å²) in [6.07, 6.45) is 2.65. The minimum absolute atomic E-state index is 0.0434. The van der Waals surface area contributed by atoms with Crippen LogP contribution in [0.2, 0.25) is 0 Å². The molecule has 1 aliphatic rings. The van der Waals surface area contributed by atoms with Crippen LogP contribution in [0.15, 0.2) is 36.7 Å². The van der Waals surface area contributed by atoms with Gasteiger partial charge in [0.15, 0.2) is 5.82 Å². The third-order valence-electron chi connectivity index (χ3n) is 5.14. The van der Waals surface area contributed by atoms with Crippen molar-refractivity contribution in [1.29, 1.82) is 5.26 Å². The first-order valence-corrected chi connectivity index (χ1v) is 9.21. The molecule has 0 spiro atoms. The maximum atomic E-state index is 14.7. The number of methoxy groups -OCH3 is 1. The van der Waals surface area contributed by atoms with Crippen molar-refractivity contribution in [2.45, 2.75) is 12.3 Å². The highest BCUT2D eigenvalue weighted by Gasteiger charge is 2.36. The van der Waals surface area contributed by atoms with Gasteiger partial charge in [0.2, 0.25) is 11.8 Å². The molecule has 0 unspecified atom stereocenters. The van der Waals surface area contributed by atoms with Gasteiger partial charge in [-0.2, -0.15) is 5.26 Å². The number of rotatable bonds is 5. The fourth-order valence-corrected chi connectivity index (χ4v) is 3.45. The zero-order chi connectivity index (χ0) is 21.3. The molecule has 0 fully saturated rings. The SMILES string of the molecule is COc1ncccc1Nc1ncc(F)c(-c2cc(C#N)c3c(c2)[C@@](C)(CO)CN3)n1. The quantitative estimate of drug-likeness (QED) is 0.592. The molecule has 3 heterocycles. The molecule has 0 saturated heterocycles. The topological polar surface area (TPSA) is 116 Å². The lowest BCUT2D eigenvalue weighted by atomic mass is 9.83. The molecule has 0 radical (unpaired) electrons. The van der Waals surface area contributed by atoms with Crippen LogP contribution < -0.4 is 15.4 Å². The molecule has 3 aromatic rings. The molecule has 3 N–H and O–H groups in total. The number of ether oxygens (including phenoxy) is 1. The van der Waals surface area contributed by atoms with E-state index in [1.807, 2.05) is 6.92 Å². The second-order valence-corrected chi connectivity index (χ2v) is 7.21. The van der Waals surface area contributed by atoms with E-state index in [1.54, 1.807) is 30.5 Å². The Balaban J connectivity index is 1.79. The average molecular weight is 406 g/mol. The van der Waals surface area contributed by atoms with E-state index in [0.717, 1.165) is 11.8 Å². The van der Waals surface area contributed by atoms with Crippen LogP contribution in [-0.2, 0) is 5.41 Å². The van der Waals surface area contributed by atoms with E-state index >= 15 is 0 Å². The van der Waals surface area contributed by atoms with Gasteiger partial charge in [-0.05, 0) is 29.8 Å². The minimum Gasteiger partial charge on any atom is -0.480 e. The molecule has 4 rings (SSSR count). The normalized spacial score (nSPS) is 17.0. The maximum Gasteiger partial charge on any atom is 0.237 e. The van der Waals surface area contributed by atoms with Crippen LogP contribution in [-0.4, -0.2) is 40.3 Å². The van der Waals surface area contributed by atoms with Crippen LogP contribution in [0, 0.1) is 17.1 Å². The number of nitrogens with one attached hydrogen (secondary N) is 2. The number of hydrogen-bond donors (Lipinski definition) is 3. The third-order valence-corrected chi connectivity index (χ3v) is 5.14. The Hall–Kier alpha value is -3.77. The molecule has 30 heavy (non-hydrogen) atoms. The summed E-state index contributed by atoms with van der Waals surface area (Å²) in [5, 5.41) is 25.6. The minimum atomic E-state index is -0.626. The maximum absolute atomic E-state index is 14.7. The third kappa shape index (κ3) is 3.27. The van der Waals surface area contributed by atoms with Crippen LogP contribution in [0.25, 0.3) is 11.3 Å². The van der Waals surface area contributed by atoms with Crippen LogP contribution >= 0.6 is 0 Å². The number of hydrogen-bond acceptors (Lipinski definition) is 8. The second-order valence-electron chi connectivity index (χ2n) is 7.21. The summed E-state index contributed by atoms with van der Waals surface area (Å²) >= 11 is 0. The Morgan fingerprint density at radius 3 is 2.97 bits per heavy atom. The van der Waals surface area contributed by atoms with E-state index in [2.05, 4.69) is 31.7 Å². The molecule has 1 atom stereocenters. The predicted molar refractivity (Wildman–Crippen MR) is 109 cm³/mol. The summed E-state index contributed by atoms with van der Waals surface area (Å²) in [6.45, 7) is 2.26. The zero-order valence-corrected chi connectivity index (χ0v) is 16.4. The predicted octanol–water partition coefficient (Wildman–Crippen LogP) is 2.98. The first-order chi connectivity index (χ1) is 14.5. The van der Waals surface area contributed by atoms with Gasteiger partial charge in [0, 0.05) is 23.7 Å². The number of halogens is 1. The number of pyridine rings is 1.